The third kappa shape index (κ3) is 3.49. The monoisotopic (exact) mass is 291 g/mol. The molecule has 1 aromatic heterocycles. The van der Waals surface area contributed by atoms with Gasteiger partial charge >= 0.3 is 0 Å². The summed E-state index contributed by atoms with van der Waals surface area (Å²) in [6, 6.07) is 4.49. The average Bonchev–Trinajstić information content (AvgIpc) is 2.86. The number of rotatable bonds is 6. The van der Waals surface area contributed by atoms with Crippen molar-refractivity contribution in [1.82, 2.24) is 9.47 Å². The SMILES string of the molecule is CCC(CCN)CCC(=O)N1CCn2c(C)ccc2C1C. The molecular formula is C17H29N3O. The van der Waals surface area contributed by atoms with Gasteiger partial charge in [0.25, 0.3) is 0 Å². The van der Waals surface area contributed by atoms with E-state index in [9.17, 15) is 4.79 Å². The fourth-order valence-electron chi connectivity index (χ4n) is 3.42. The molecule has 1 aliphatic heterocycles. The van der Waals surface area contributed by atoms with Crippen LogP contribution in [0.5, 0.6) is 0 Å². The molecule has 0 aliphatic carbocycles. The second kappa shape index (κ2) is 7.12. The molecule has 0 radical (unpaired) electrons. The highest BCUT2D eigenvalue weighted by Crippen LogP contribution is 2.28. The number of aromatic nitrogens is 1. The quantitative estimate of drug-likeness (QED) is 0.876. The number of fused-ring (bicyclic) bond motifs is 1. The van der Waals surface area contributed by atoms with Crippen molar-refractivity contribution in [3.63, 3.8) is 0 Å². The van der Waals surface area contributed by atoms with E-state index in [0.717, 1.165) is 38.9 Å². The largest absolute Gasteiger partial charge is 0.345 e. The van der Waals surface area contributed by atoms with Gasteiger partial charge in [-0.25, -0.2) is 0 Å². The Morgan fingerprint density at radius 3 is 2.81 bits per heavy atom. The van der Waals surface area contributed by atoms with Crippen LogP contribution >= 0.6 is 0 Å². The third-order valence-electron chi connectivity index (χ3n) is 4.93. The van der Waals surface area contributed by atoms with Gasteiger partial charge in [0.1, 0.15) is 0 Å². The highest BCUT2D eigenvalue weighted by Gasteiger charge is 2.28. The zero-order chi connectivity index (χ0) is 15.4. The fraction of sp³-hybridized carbons (Fsp3) is 0.706. The fourth-order valence-corrected chi connectivity index (χ4v) is 3.42. The molecule has 118 valence electrons. The lowest BCUT2D eigenvalue weighted by Gasteiger charge is -2.35. The molecule has 0 fully saturated rings. The molecular weight excluding hydrogens is 262 g/mol. The van der Waals surface area contributed by atoms with Gasteiger partial charge in [0.15, 0.2) is 0 Å². The van der Waals surface area contributed by atoms with Crippen molar-refractivity contribution in [2.75, 3.05) is 13.1 Å². The van der Waals surface area contributed by atoms with Crippen LogP contribution in [0.2, 0.25) is 0 Å². The van der Waals surface area contributed by atoms with Crippen molar-refractivity contribution >= 4 is 5.91 Å². The summed E-state index contributed by atoms with van der Waals surface area (Å²) >= 11 is 0. The van der Waals surface area contributed by atoms with Crippen molar-refractivity contribution in [1.29, 1.82) is 0 Å². The molecule has 2 unspecified atom stereocenters. The molecule has 0 aromatic carbocycles. The van der Waals surface area contributed by atoms with Gasteiger partial charge in [-0.15, -0.1) is 0 Å². The van der Waals surface area contributed by atoms with Crippen LogP contribution in [0.4, 0.5) is 0 Å². The Morgan fingerprint density at radius 1 is 1.38 bits per heavy atom. The summed E-state index contributed by atoms with van der Waals surface area (Å²) in [4.78, 5) is 14.6. The first-order valence-electron chi connectivity index (χ1n) is 8.24. The minimum atomic E-state index is 0.189. The second-order valence-corrected chi connectivity index (χ2v) is 6.20. The molecule has 1 aliphatic rings. The lowest BCUT2D eigenvalue weighted by molar-refractivity contribution is -0.134. The first kappa shape index (κ1) is 16.1. The second-order valence-electron chi connectivity index (χ2n) is 6.20. The maximum atomic E-state index is 12.5. The van der Waals surface area contributed by atoms with E-state index in [-0.39, 0.29) is 6.04 Å². The summed E-state index contributed by atoms with van der Waals surface area (Å²) in [6.45, 7) is 8.93. The van der Waals surface area contributed by atoms with E-state index >= 15 is 0 Å². The smallest absolute Gasteiger partial charge is 0.223 e. The lowest BCUT2D eigenvalue weighted by Crippen LogP contribution is -2.41. The lowest BCUT2D eigenvalue weighted by atomic mass is 9.96. The first-order chi connectivity index (χ1) is 10.1. The Kier molecular flexibility index (Phi) is 5.45. The maximum absolute atomic E-state index is 12.5. The number of aryl methyl sites for hydroxylation is 1. The summed E-state index contributed by atoms with van der Waals surface area (Å²) < 4.78 is 2.33. The Bertz CT molecular complexity index is 480. The van der Waals surface area contributed by atoms with Crippen LogP contribution in [0, 0.1) is 12.8 Å². The van der Waals surface area contributed by atoms with Crippen LogP contribution in [0.3, 0.4) is 0 Å². The number of hydrogen-bond donors (Lipinski definition) is 1. The van der Waals surface area contributed by atoms with Crippen molar-refractivity contribution in [2.45, 2.75) is 59.0 Å². The predicted molar refractivity (Wildman–Crippen MR) is 86.0 cm³/mol. The number of carbonyl (C=O) groups is 1. The Labute approximate surface area is 128 Å². The van der Waals surface area contributed by atoms with Crippen LogP contribution < -0.4 is 5.73 Å². The zero-order valence-electron chi connectivity index (χ0n) is 13.6. The van der Waals surface area contributed by atoms with Crippen LogP contribution in [-0.2, 0) is 11.3 Å². The van der Waals surface area contributed by atoms with E-state index in [1.807, 2.05) is 4.90 Å². The maximum Gasteiger partial charge on any atom is 0.223 e. The van der Waals surface area contributed by atoms with E-state index in [0.29, 0.717) is 18.2 Å². The molecule has 0 saturated carbocycles. The minimum absolute atomic E-state index is 0.189. The van der Waals surface area contributed by atoms with Crippen molar-refractivity contribution < 1.29 is 4.79 Å². The van der Waals surface area contributed by atoms with Crippen LogP contribution in [0.15, 0.2) is 12.1 Å². The van der Waals surface area contributed by atoms with Gasteiger partial charge in [0.05, 0.1) is 6.04 Å². The van der Waals surface area contributed by atoms with Crippen molar-refractivity contribution in [3.05, 3.63) is 23.5 Å². The summed E-state index contributed by atoms with van der Waals surface area (Å²) in [5.41, 5.74) is 8.19. The molecule has 4 nitrogen and oxygen atoms in total. The van der Waals surface area contributed by atoms with Crippen LogP contribution in [-0.4, -0.2) is 28.5 Å². The van der Waals surface area contributed by atoms with E-state index < -0.39 is 0 Å². The topological polar surface area (TPSA) is 51.3 Å². The van der Waals surface area contributed by atoms with E-state index in [1.165, 1.54) is 11.4 Å². The Hall–Kier alpha value is -1.29. The van der Waals surface area contributed by atoms with Crippen molar-refractivity contribution in [2.24, 2.45) is 11.7 Å². The van der Waals surface area contributed by atoms with E-state index in [4.69, 9.17) is 5.73 Å². The first-order valence-corrected chi connectivity index (χ1v) is 8.24. The van der Waals surface area contributed by atoms with Gasteiger partial charge < -0.3 is 15.2 Å². The summed E-state index contributed by atoms with van der Waals surface area (Å²) in [7, 11) is 0. The Morgan fingerprint density at radius 2 is 2.14 bits per heavy atom. The molecule has 0 saturated heterocycles. The standard InChI is InChI=1S/C17H29N3O/c1-4-15(9-10-18)6-8-17(21)20-12-11-19-13(2)5-7-16(19)14(20)3/h5,7,14-15H,4,6,8-12,18H2,1-3H3. The van der Waals surface area contributed by atoms with Gasteiger partial charge in [-0.05, 0) is 51.3 Å². The van der Waals surface area contributed by atoms with Gasteiger partial charge in [-0.2, -0.15) is 0 Å². The molecule has 2 atom stereocenters. The molecule has 2 heterocycles. The summed E-state index contributed by atoms with van der Waals surface area (Å²) in [6.07, 6.45) is 3.77. The minimum Gasteiger partial charge on any atom is -0.345 e. The number of nitrogens with two attached hydrogens (primary N) is 1. The molecule has 2 rings (SSSR count). The van der Waals surface area contributed by atoms with Crippen molar-refractivity contribution in [3.8, 4) is 0 Å². The van der Waals surface area contributed by atoms with Gasteiger partial charge in [0, 0.05) is 30.9 Å². The predicted octanol–water partition coefficient (Wildman–Crippen LogP) is 2.85. The molecule has 0 spiro atoms. The van der Waals surface area contributed by atoms with Gasteiger partial charge in [-0.3, -0.25) is 4.79 Å². The van der Waals surface area contributed by atoms with Crippen LogP contribution in [0.25, 0.3) is 0 Å². The number of carbonyl (C=O) groups excluding carboxylic acids is 1. The molecule has 21 heavy (non-hydrogen) atoms. The Balaban J connectivity index is 1.95. The zero-order valence-corrected chi connectivity index (χ0v) is 13.6. The molecule has 0 bridgehead atoms. The molecule has 1 aromatic rings. The molecule has 4 heteroatoms. The molecule has 2 N–H and O–H groups in total. The highest BCUT2D eigenvalue weighted by molar-refractivity contribution is 5.76. The highest BCUT2D eigenvalue weighted by atomic mass is 16.2. The van der Waals surface area contributed by atoms with Crippen LogP contribution in [0.1, 0.15) is 57.0 Å². The third-order valence-corrected chi connectivity index (χ3v) is 4.93. The number of amides is 1. The normalized spacial score (nSPS) is 19.4. The summed E-state index contributed by atoms with van der Waals surface area (Å²) in [5, 5.41) is 0. The molecule has 1 amide bonds. The van der Waals surface area contributed by atoms with Gasteiger partial charge in [-0.1, -0.05) is 13.3 Å². The van der Waals surface area contributed by atoms with Gasteiger partial charge in [0.2, 0.25) is 5.91 Å². The number of nitrogens with zero attached hydrogens (tertiary/aromatic N) is 2. The average molecular weight is 291 g/mol. The van der Waals surface area contributed by atoms with E-state index in [2.05, 4.69) is 37.5 Å². The summed E-state index contributed by atoms with van der Waals surface area (Å²) in [5.74, 6) is 0.883. The van der Waals surface area contributed by atoms with E-state index in [1.54, 1.807) is 0 Å². The number of hydrogen-bond acceptors (Lipinski definition) is 2.